The summed E-state index contributed by atoms with van der Waals surface area (Å²) in [5, 5.41) is 0. The summed E-state index contributed by atoms with van der Waals surface area (Å²) in [6, 6.07) is 0.337. The third-order valence-electron chi connectivity index (χ3n) is 4.98. The van der Waals surface area contributed by atoms with E-state index in [-0.39, 0.29) is 6.10 Å². The third-order valence-corrected chi connectivity index (χ3v) is 4.98. The minimum absolute atomic E-state index is 0.282. The predicted octanol–water partition coefficient (Wildman–Crippen LogP) is 2.46. The lowest BCUT2D eigenvalue weighted by atomic mass is 9.83. The van der Waals surface area contributed by atoms with Gasteiger partial charge in [0.15, 0.2) is 0 Å². The number of nitrogens with one attached hydrogen (secondary N) is 1. The number of nitrogens with two attached hydrogens (primary N) is 1. The van der Waals surface area contributed by atoms with Gasteiger partial charge in [-0.25, -0.2) is 0 Å². The van der Waals surface area contributed by atoms with E-state index in [0.717, 1.165) is 30.6 Å². The molecule has 0 heterocycles. The van der Waals surface area contributed by atoms with Crippen LogP contribution in [0.5, 0.6) is 0 Å². The molecule has 0 aliphatic heterocycles. The average molecular weight is 240 g/mol. The van der Waals surface area contributed by atoms with Gasteiger partial charge in [0.2, 0.25) is 0 Å². The van der Waals surface area contributed by atoms with Crippen molar-refractivity contribution in [2.24, 2.45) is 23.6 Å². The lowest BCUT2D eigenvalue weighted by Crippen LogP contribution is -2.46. The van der Waals surface area contributed by atoms with Crippen LogP contribution < -0.4 is 11.3 Å². The highest BCUT2D eigenvalue weighted by Gasteiger charge is 2.40. The van der Waals surface area contributed by atoms with Crippen LogP contribution in [0.15, 0.2) is 0 Å². The van der Waals surface area contributed by atoms with Gasteiger partial charge in [-0.05, 0) is 49.9 Å². The summed E-state index contributed by atoms with van der Waals surface area (Å²) in [5.41, 5.74) is 3.00. The van der Waals surface area contributed by atoms with Crippen LogP contribution in [0, 0.1) is 17.8 Å². The molecule has 2 saturated carbocycles. The maximum atomic E-state index is 5.73. The maximum Gasteiger partial charge on any atom is 0.0737 e. The molecule has 0 saturated heterocycles. The molecule has 0 aromatic heterocycles. The van der Waals surface area contributed by atoms with Crippen molar-refractivity contribution in [3.63, 3.8) is 0 Å². The van der Waals surface area contributed by atoms with Crippen molar-refractivity contribution >= 4 is 0 Å². The van der Waals surface area contributed by atoms with E-state index in [1.807, 2.05) is 7.11 Å². The van der Waals surface area contributed by atoms with Crippen molar-refractivity contribution in [2.75, 3.05) is 7.11 Å². The lowest BCUT2D eigenvalue weighted by molar-refractivity contribution is 0.0488. The molecule has 2 aliphatic rings. The van der Waals surface area contributed by atoms with E-state index >= 15 is 0 Å². The molecule has 0 aromatic rings. The topological polar surface area (TPSA) is 47.3 Å². The average Bonchev–Trinajstić information content (AvgIpc) is 2.95. The Bertz CT molecular complexity index is 234. The smallest absolute Gasteiger partial charge is 0.0737 e. The quantitative estimate of drug-likeness (QED) is 0.531. The van der Waals surface area contributed by atoms with E-state index in [0.29, 0.717) is 6.04 Å². The summed E-state index contributed by atoms with van der Waals surface area (Å²) < 4.78 is 5.59. The lowest BCUT2D eigenvalue weighted by Gasteiger charge is -2.30. The molecule has 2 rings (SSSR count). The van der Waals surface area contributed by atoms with Crippen molar-refractivity contribution in [2.45, 2.75) is 64.0 Å². The van der Waals surface area contributed by atoms with Crippen molar-refractivity contribution in [1.82, 2.24) is 5.43 Å². The summed E-state index contributed by atoms with van der Waals surface area (Å²) in [7, 11) is 1.81. The monoisotopic (exact) mass is 240 g/mol. The molecular weight excluding hydrogens is 212 g/mol. The summed E-state index contributed by atoms with van der Waals surface area (Å²) in [6.45, 7) is 2.21. The standard InChI is InChI=1S/C14H28N2O/c1-3-4-14(17-2)13(16-15)9-12-8-10-5-6-11(12)7-10/h10-14,16H,3-9,15H2,1-2H3. The first-order chi connectivity index (χ1) is 8.28. The van der Waals surface area contributed by atoms with Crippen LogP contribution in [0.25, 0.3) is 0 Å². The summed E-state index contributed by atoms with van der Waals surface area (Å²) in [5.74, 6) is 8.62. The van der Waals surface area contributed by atoms with Crippen LogP contribution in [-0.2, 0) is 4.74 Å². The number of ether oxygens (including phenoxy) is 1. The Kier molecular flexibility index (Phi) is 4.83. The number of fused-ring (bicyclic) bond motifs is 2. The molecule has 3 heteroatoms. The van der Waals surface area contributed by atoms with Crippen LogP contribution in [0.3, 0.4) is 0 Å². The van der Waals surface area contributed by atoms with E-state index in [2.05, 4.69) is 12.3 Å². The van der Waals surface area contributed by atoms with Gasteiger partial charge < -0.3 is 4.74 Å². The molecule has 0 aromatic carbocycles. The zero-order valence-electron chi connectivity index (χ0n) is 11.3. The van der Waals surface area contributed by atoms with Crippen LogP contribution in [-0.4, -0.2) is 19.3 Å². The summed E-state index contributed by atoms with van der Waals surface area (Å²) >= 11 is 0. The van der Waals surface area contributed by atoms with E-state index in [1.165, 1.54) is 32.1 Å². The highest BCUT2D eigenvalue weighted by atomic mass is 16.5. The van der Waals surface area contributed by atoms with Gasteiger partial charge in [0.25, 0.3) is 0 Å². The second-order valence-electron chi connectivity index (χ2n) is 6.01. The van der Waals surface area contributed by atoms with E-state index < -0.39 is 0 Å². The predicted molar refractivity (Wildman–Crippen MR) is 70.4 cm³/mol. The SMILES string of the molecule is CCCC(OC)C(CC1CC2CCC1C2)NN. The van der Waals surface area contributed by atoms with Crippen LogP contribution in [0.4, 0.5) is 0 Å². The molecule has 2 aliphatic carbocycles. The Morgan fingerprint density at radius 1 is 1.35 bits per heavy atom. The number of methoxy groups -OCH3 is 1. The molecule has 5 atom stereocenters. The molecular formula is C14H28N2O. The van der Waals surface area contributed by atoms with Crippen molar-refractivity contribution < 1.29 is 4.74 Å². The van der Waals surface area contributed by atoms with Crippen molar-refractivity contribution in [1.29, 1.82) is 0 Å². The molecule has 2 fully saturated rings. The van der Waals surface area contributed by atoms with E-state index in [9.17, 15) is 0 Å². The Balaban J connectivity index is 1.86. The van der Waals surface area contributed by atoms with Gasteiger partial charge in [-0.3, -0.25) is 11.3 Å². The second-order valence-corrected chi connectivity index (χ2v) is 6.01. The second kappa shape index (κ2) is 6.17. The van der Waals surface area contributed by atoms with Gasteiger partial charge in [0.05, 0.1) is 6.10 Å². The Morgan fingerprint density at radius 2 is 2.18 bits per heavy atom. The Labute approximate surface area is 105 Å². The first-order valence-electron chi connectivity index (χ1n) is 7.27. The zero-order valence-corrected chi connectivity index (χ0v) is 11.3. The number of hydrogen-bond donors (Lipinski definition) is 2. The van der Waals surface area contributed by atoms with Crippen LogP contribution in [0.2, 0.25) is 0 Å². The number of hydrogen-bond acceptors (Lipinski definition) is 3. The maximum absolute atomic E-state index is 5.73. The highest BCUT2D eigenvalue weighted by molar-refractivity contribution is 4.92. The minimum Gasteiger partial charge on any atom is -0.380 e. The zero-order chi connectivity index (χ0) is 12.3. The first-order valence-corrected chi connectivity index (χ1v) is 7.27. The molecule has 17 heavy (non-hydrogen) atoms. The van der Waals surface area contributed by atoms with Gasteiger partial charge in [-0.2, -0.15) is 0 Å². The van der Waals surface area contributed by atoms with Gasteiger partial charge in [0.1, 0.15) is 0 Å². The fourth-order valence-electron chi connectivity index (χ4n) is 4.09. The Morgan fingerprint density at radius 3 is 2.65 bits per heavy atom. The van der Waals surface area contributed by atoms with Gasteiger partial charge in [0, 0.05) is 13.2 Å². The molecule has 3 nitrogen and oxygen atoms in total. The Hall–Kier alpha value is -0.120. The molecule has 0 amide bonds. The molecule has 0 spiro atoms. The third kappa shape index (κ3) is 3.01. The normalized spacial score (nSPS) is 35.1. The highest BCUT2D eigenvalue weighted by Crippen LogP contribution is 2.50. The van der Waals surface area contributed by atoms with E-state index in [4.69, 9.17) is 10.6 Å². The summed E-state index contributed by atoms with van der Waals surface area (Å²) in [6.07, 6.45) is 9.60. The van der Waals surface area contributed by atoms with E-state index in [1.54, 1.807) is 0 Å². The van der Waals surface area contributed by atoms with Crippen molar-refractivity contribution in [3.8, 4) is 0 Å². The number of rotatable bonds is 7. The van der Waals surface area contributed by atoms with Gasteiger partial charge in [-0.1, -0.05) is 19.8 Å². The molecule has 0 radical (unpaired) electrons. The fraction of sp³-hybridized carbons (Fsp3) is 1.00. The van der Waals surface area contributed by atoms with Crippen LogP contribution in [0.1, 0.15) is 51.9 Å². The fourth-order valence-corrected chi connectivity index (χ4v) is 4.09. The molecule has 3 N–H and O–H groups in total. The molecule has 5 unspecified atom stereocenters. The van der Waals surface area contributed by atoms with Crippen LogP contribution >= 0.6 is 0 Å². The largest absolute Gasteiger partial charge is 0.380 e. The molecule has 100 valence electrons. The van der Waals surface area contributed by atoms with Gasteiger partial charge >= 0.3 is 0 Å². The summed E-state index contributed by atoms with van der Waals surface area (Å²) in [4.78, 5) is 0. The minimum atomic E-state index is 0.282. The number of hydrazine groups is 1. The molecule has 2 bridgehead atoms. The first kappa shape index (κ1) is 13.3. The van der Waals surface area contributed by atoms with Crippen molar-refractivity contribution in [3.05, 3.63) is 0 Å². The van der Waals surface area contributed by atoms with Gasteiger partial charge in [-0.15, -0.1) is 0 Å².